The molecule has 1 aromatic rings. The van der Waals surface area contributed by atoms with E-state index in [1.165, 1.54) is 0 Å². The van der Waals surface area contributed by atoms with E-state index in [1.807, 2.05) is 0 Å². The Morgan fingerprint density at radius 1 is 1.20 bits per heavy atom. The minimum atomic E-state index is -0.471. The average molecular weight is 229 g/mol. The number of nitrogens with zero attached hydrogens (tertiary/aromatic N) is 3. The van der Waals surface area contributed by atoms with Crippen molar-refractivity contribution in [3.05, 3.63) is 10.8 Å². The molecule has 0 aromatic carbocycles. The predicted molar refractivity (Wildman–Crippen MR) is 58.5 cm³/mol. The van der Waals surface area contributed by atoms with Gasteiger partial charge in [-0.15, -0.1) is 0 Å². The summed E-state index contributed by atoms with van der Waals surface area (Å²) in [6.07, 6.45) is 0. The Kier molecular flexibility index (Phi) is 2.90. The number of nitrogens with two attached hydrogens (primary N) is 4. The summed E-state index contributed by atoms with van der Waals surface area (Å²) in [6.45, 7) is 0. The van der Waals surface area contributed by atoms with Crippen LogP contribution in [0.15, 0.2) is 4.99 Å². The predicted octanol–water partition coefficient (Wildman–Crippen LogP) is -1.11. The van der Waals surface area contributed by atoms with E-state index in [1.54, 1.807) is 0 Å². The molecule has 9 heteroatoms. The van der Waals surface area contributed by atoms with Gasteiger partial charge >= 0.3 is 0 Å². The van der Waals surface area contributed by atoms with Crippen molar-refractivity contribution in [2.24, 2.45) is 16.5 Å². The highest BCUT2D eigenvalue weighted by molar-refractivity contribution is 6.31. The maximum Gasteiger partial charge on any atom is 0.214 e. The summed E-state index contributed by atoms with van der Waals surface area (Å²) in [4.78, 5) is 10.9. The first-order valence-corrected chi connectivity index (χ1v) is 4.06. The van der Waals surface area contributed by atoms with E-state index in [0.717, 1.165) is 0 Å². The van der Waals surface area contributed by atoms with Gasteiger partial charge in [-0.1, -0.05) is 11.6 Å². The third-order valence-electron chi connectivity index (χ3n) is 1.39. The third-order valence-corrected chi connectivity index (χ3v) is 1.67. The Morgan fingerprint density at radius 3 is 2.33 bits per heavy atom. The van der Waals surface area contributed by atoms with Crippen LogP contribution in [0.1, 0.15) is 5.69 Å². The van der Waals surface area contributed by atoms with Gasteiger partial charge in [0.1, 0.15) is 5.69 Å². The molecule has 9 N–H and O–H groups in total. The zero-order valence-electron chi connectivity index (χ0n) is 7.53. The SMILES string of the molecule is N=C(N)N=C(N)c1nc(Cl)c(N)nc1N. The second kappa shape index (κ2) is 3.96. The van der Waals surface area contributed by atoms with Gasteiger partial charge in [0, 0.05) is 0 Å². The number of aromatic nitrogens is 2. The first-order valence-electron chi connectivity index (χ1n) is 3.69. The molecule has 0 spiro atoms. The molecule has 0 saturated heterocycles. The molecule has 15 heavy (non-hydrogen) atoms. The van der Waals surface area contributed by atoms with Crippen molar-refractivity contribution in [3.63, 3.8) is 0 Å². The van der Waals surface area contributed by atoms with E-state index in [0.29, 0.717) is 0 Å². The van der Waals surface area contributed by atoms with Crippen LogP contribution in [0.4, 0.5) is 11.6 Å². The standard InChI is InChI=1S/C6H9ClN8/c7-2-5(10)14-3(8)1(13-2)4(9)15-6(11)12/h(H4,8,10,14)(H5,9,11,12,15). The Bertz CT molecular complexity index is 439. The summed E-state index contributed by atoms with van der Waals surface area (Å²) in [5, 5.41) is 6.86. The van der Waals surface area contributed by atoms with Gasteiger partial charge in [-0.3, -0.25) is 5.41 Å². The van der Waals surface area contributed by atoms with Crippen molar-refractivity contribution in [1.82, 2.24) is 9.97 Å². The van der Waals surface area contributed by atoms with E-state index >= 15 is 0 Å². The van der Waals surface area contributed by atoms with Gasteiger partial charge in [0.2, 0.25) is 5.96 Å². The van der Waals surface area contributed by atoms with E-state index in [9.17, 15) is 0 Å². The highest BCUT2D eigenvalue weighted by atomic mass is 35.5. The topological polar surface area (TPSA) is 166 Å². The van der Waals surface area contributed by atoms with Gasteiger partial charge in [0.15, 0.2) is 22.6 Å². The monoisotopic (exact) mass is 228 g/mol. The number of hydrogen-bond donors (Lipinski definition) is 5. The van der Waals surface area contributed by atoms with Crippen LogP contribution >= 0.6 is 11.6 Å². The van der Waals surface area contributed by atoms with Gasteiger partial charge < -0.3 is 22.9 Å². The molecule has 0 saturated carbocycles. The zero-order valence-corrected chi connectivity index (χ0v) is 8.28. The number of nitrogens with one attached hydrogen (secondary N) is 1. The normalized spacial score (nSPS) is 11.4. The van der Waals surface area contributed by atoms with Gasteiger partial charge in [-0.05, 0) is 0 Å². The molecule has 1 heterocycles. The number of hydrogen-bond acceptors (Lipinski definition) is 5. The Morgan fingerprint density at radius 2 is 1.80 bits per heavy atom. The molecule has 1 aromatic heterocycles. The van der Waals surface area contributed by atoms with Crippen LogP contribution < -0.4 is 22.9 Å². The molecule has 0 bridgehead atoms. The van der Waals surface area contributed by atoms with Crippen LogP contribution in [0.5, 0.6) is 0 Å². The minimum Gasteiger partial charge on any atom is -0.382 e. The van der Waals surface area contributed by atoms with Crippen molar-refractivity contribution in [1.29, 1.82) is 5.41 Å². The summed E-state index contributed by atoms with van der Waals surface area (Å²) in [5.41, 5.74) is 21.4. The van der Waals surface area contributed by atoms with E-state index in [2.05, 4.69) is 15.0 Å². The molecule has 0 aliphatic heterocycles. The summed E-state index contributed by atoms with van der Waals surface area (Å²) in [5.74, 6) is -0.649. The number of halogens is 1. The first-order chi connectivity index (χ1) is 6.91. The molecule has 0 radical (unpaired) electrons. The first kappa shape index (κ1) is 11.0. The molecule has 1 rings (SSSR count). The Labute approximate surface area is 89.8 Å². The molecule has 0 aliphatic rings. The van der Waals surface area contributed by atoms with Crippen LogP contribution in [0.25, 0.3) is 0 Å². The molecule has 8 nitrogen and oxygen atoms in total. The number of amidine groups is 1. The van der Waals surface area contributed by atoms with Gasteiger partial charge in [-0.25, -0.2) is 9.97 Å². The van der Waals surface area contributed by atoms with Crippen molar-refractivity contribution in [2.45, 2.75) is 0 Å². The third kappa shape index (κ3) is 2.44. The minimum absolute atomic E-state index is 0.00598. The maximum absolute atomic E-state index is 6.90. The summed E-state index contributed by atoms with van der Waals surface area (Å²) in [6, 6.07) is 0. The molecule has 80 valence electrons. The molecule has 0 atom stereocenters. The van der Waals surface area contributed by atoms with Crippen molar-refractivity contribution in [3.8, 4) is 0 Å². The van der Waals surface area contributed by atoms with Crippen LogP contribution in [0.2, 0.25) is 5.15 Å². The fourth-order valence-corrected chi connectivity index (χ4v) is 0.940. The van der Waals surface area contributed by atoms with E-state index in [-0.39, 0.29) is 28.3 Å². The second-order valence-corrected chi connectivity index (χ2v) is 2.87. The van der Waals surface area contributed by atoms with Gasteiger partial charge in [0.25, 0.3) is 0 Å². The number of aliphatic imine (C=N–C) groups is 1. The quantitative estimate of drug-likeness (QED) is 0.302. The summed E-state index contributed by atoms with van der Waals surface area (Å²) >= 11 is 5.62. The fourth-order valence-electron chi connectivity index (χ4n) is 0.813. The van der Waals surface area contributed by atoms with Gasteiger partial charge in [0.05, 0.1) is 0 Å². The van der Waals surface area contributed by atoms with Crippen LogP contribution in [0.3, 0.4) is 0 Å². The molecular weight excluding hydrogens is 220 g/mol. The molecular formula is C6H9ClN8. The second-order valence-electron chi connectivity index (χ2n) is 2.52. The molecule has 0 aliphatic carbocycles. The smallest absolute Gasteiger partial charge is 0.214 e. The average Bonchev–Trinajstić information content (AvgIpc) is 2.09. The maximum atomic E-state index is 6.90. The highest BCUT2D eigenvalue weighted by Gasteiger charge is 2.11. The molecule has 0 unspecified atom stereocenters. The van der Waals surface area contributed by atoms with Crippen molar-refractivity contribution < 1.29 is 0 Å². The lowest BCUT2D eigenvalue weighted by atomic mass is 10.4. The van der Waals surface area contributed by atoms with Crippen molar-refractivity contribution >= 4 is 35.0 Å². The number of nitrogen functional groups attached to an aromatic ring is 2. The fraction of sp³-hybridized carbons (Fsp3) is 0. The lowest BCUT2D eigenvalue weighted by molar-refractivity contribution is 1.19. The van der Waals surface area contributed by atoms with E-state index in [4.69, 9.17) is 39.9 Å². The number of rotatable bonds is 1. The van der Waals surface area contributed by atoms with Crippen molar-refractivity contribution in [2.75, 3.05) is 11.5 Å². The number of anilines is 2. The van der Waals surface area contributed by atoms with Gasteiger partial charge in [-0.2, -0.15) is 4.99 Å². The number of guanidine groups is 1. The van der Waals surface area contributed by atoms with Crippen LogP contribution in [-0.2, 0) is 0 Å². The summed E-state index contributed by atoms with van der Waals surface area (Å²) in [7, 11) is 0. The lowest BCUT2D eigenvalue weighted by Gasteiger charge is -2.04. The van der Waals surface area contributed by atoms with E-state index < -0.39 is 5.96 Å². The zero-order chi connectivity index (χ0) is 11.6. The molecule has 0 fully saturated rings. The summed E-state index contributed by atoms with van der Waals surface area (Å²) < 4.78 is 0. The lowest BCUT2D eigenvalue weighted by Crippen LogP contribution is -2.22. The highest BCUT2D eigenvalue weighted by Crippen LogP contribution is 2.16. The van der Waals surface area contributed by atoms with Crippen LogP contribution in [-0.4, -0.2) is 21.8 Å². The largest absolute Gasteiger partial charge is 0.382 e. The Balaban J connectivity index is 3.26. The Hall–Kier alpha value is -2.09. The molecule has 0 amide bonds. The van der Waals surface area contributed by atoms with Crippen LogP contribution in [0, 0.1) is 5.41 Å².